The molecule has 0 aliphatic carbocycles. The second kappa shape index (κ2) is 6.36. The first kappa shape index (κ1) is 15.5. The van der Waals surface area contributed by atoms with E-state index in [-0.39, 0.29) is 5.56 Å². The average Bonchev–Trinajstić information content (AvgIpc) is 3.00. The van der Waals surface area contributed by atoms with E-state index >= 15 is 0 Å². The maximum Gasteiger partial charge on any atom is 0.255 e. The van der Waals surface area contributed by atoms with Gasteiger partial charge in [-0.2, -0.15) is 0 Å². The van der Waals surface area contributed by atoms with Crippen LogP contribution in [0.25, 0.3) is 0 Å². The molecule has 2 aromatic carbocycles. The summed E-state index contributed by atoms with van der Waals surface area (Å²) in [6, 6.07) is 8.44. The Hall–Kier alpha value is -2.43. The minimum atomic E-state index is -0.768. The van der Waals surface area contributed by atoms with E-state index in [4.69, 9.17) is 0 Å². The quantitative estimate of drug-likeness (QED) is 0.923. The van der Waals surface area contributed by atoms with Crippen LogP contribution in [0.5, 0.6) is 0 Å². The Bertz CT molecular complexity index is 720. The Morgan fingerprint density at radius 3 is 2.30 bits per heavy atom. The molecule has 1 N–H and O–H groups in total. The standard InChI is InChI=1S/C18H18F2N2O/c1-12-8-16(4-5-17(12)22-6-2-3-7-22)21-18(23)13-9-14(19)11-15(20)10-13/h4-5,8-11H,2-3,6-7H2,1H3,(H,21,23). The molecule has 1 heterocycles. The van der Waals surface area contributed by atoms with E-state index in [9.17, 15) is 13.6 Å². The van der Waals surface area contributed by atoms with E-state index in [1.807, 2.05) is 25.1 Å². The van der Waals surface area contributed by atoms with Gasteiger partial charge < -0.3 is 10.2 Å². The Morgan fingerprint density at radius 1 is 1.04 bits per heavy atom. The normalized spacial score (nSPS) is 14.1. The summed E-state index contributed by atoms with van der Waals surface area (Å²) >= 11 is 0. The summed E-state index contributed by atoms with van der Waals surface area (Å²) < 4.78 is 26.4. The largest absolute Gasteiger partial charge is 0.371 e. The van der Waals surface area contributed by atoms with E-state index in [0.717, 1.165) is 42.5 Å². The zero-order valence-electron chi connectivity index (χ0n) is 12.9. The Labute approximate surface area is 133 Å². The first-order chi connectivity index (χ1) is 11.0. The third-order valence-corrected chi connectivity index (χ3v) is 4.03. The number of carbonyl (C=O) groups is 1. The maximum atomic E-state index is 13.2. The van der Waals surface area contributed by atoms with Gasteiger partial charge in [-0.05, 0) is 55.7 Å². The third kappa shape index (κ3) is 3.50. The van der Waals surface area contributed by atoms with Crippen molar-refractivity contribution in [3.05, 3.63) is 59.2 Å². The molecule has 1 saturated heterocycles. The highest BCUT2D eigenvalue weighted by Gasteiger charge is 2.15. The molecule has 2 aromatic rings. The first-order valence-corrected chi connectivity index (χ1v) is 7.66. The summed E-state index contributed by atoms with van der Waals surface area (Å²) in [4.78, 5) is 14.4. The zero-order valence-corrected chi connectivity index (χ0v) is 12.9. The van der Waals surface area contributed by atoms with Gasteiger partial charge in [0.1, 0.15) is 11.6 Å². The smallest absolute Gasteiger partial charge is 0.255 e. The number of carbonyl (C=O) groups excluding carboxylic acids is 1. The van der Waals surface area contributed by atoms with Crippen LogP contribution in [0.4, 0.5) is 20.2 Å². The van der Waals surface area contributed by atoms with Crippen LogP contribution < -0.4 is 10.2 Å². The zero-order chi connectivity index (χ0) is 16.4. The number of halogens is 2. The fourth-order valence-electron chi connectivity index (χ4n) is 2.93. The van der Waals surface area contributed by atoms with Gasteiger partial charge in [-0.1, -0.05) is 0 Å². The third-order valence-electron chi connectivity index (χ3n) is 4.03. The van der Waals surface area contributed by atoms with E-state index in [1.54, 1.807) is 0 Å². The molecular formula is C18H18F2N2O. The van der Waals surface area contributed by atoms with Crippen molar-refractivity contribution in [3.63, 3.8) is 0 Å². The molecule has 0 atom stereocenters. The number of rotatable bonds is 3. The van der Waals surface area contributed by atoms with Gasteiger partial charge in [0.05, 0.1) is 0 Å². The highest BCUT2D eigenvalue weighted by Crippen LogP contribution is 2.27. The van der Waals surface area contributed by atoms with Crippen molar-refractivity contribution < 1.29 is 13.6 Å². The van der Waals surface area contributed by atoms with Gasteiger partial charge in [0.15, 0.2) is 0 Å². The SMILES string of the molecule is Cc1cc(NC(=O)c2cc(F)cc(F)c2)ccc1N1CCCC1. The summed E-state index contributed by atoms with van der Waals surface area (Å²) in [7, 11) is 0. The molecule has 1 amide bonds. The maximum absolute atomic E-state index is 13.2. The molecule has 0 aromatic heterocycles. The minimum absolute atomic E-state index is 0.0382. The van der Waals surface area contributed by atoms with Crippen molar-refractivity contribution in [1.29, 1.82) is 0 Å². The number of nitrogens with zero attached hydrogens (tertiary/aromatic N) is 1. The molecule has 0 unspecified atom stereocenters. The molecule has 1 fully saturated rings. The van der Waals surface area contributed by atoms with E-state index < -0.39 is 17.5 Å². The monoisotopic (exact) mass is 316 g/mol. The Morgan fingerprint density at radius 2 is 1.70 bits per heavy atom. The average molecular weight is 316 g/mol. The van der Waals surface area contributed by atoms with Crippen molar-refractivity contribution in [2.45, 2.75) is 19.8 Å². The highest BCUT2D eigenvalue weighted by atomic mass is 19.1. The molecule has 3 rings (SSSR count). The number of hydrogen-bond donors (Lipinski definition) is 1. The molecule has 0 bridgehead atoms. The summed E-state index contributed by atoms with van der Waals surface area (Å²) in [6.07, 6.45) is 2.39. The van der Waals surface area contributed by atoms with Crippen LogP contribution in [-0.4, -0.2) is 19.0 Å². The van der Waals surface area contributed by atoms with Gasteiger partial charge in [0.2, 0.25) is 0 Å². The summed E-state index contributed by atoms with van der Waals surface area (Å²) in [5.41, 5.74) is 2.80. The van der Waals surface area contributed by atoms with Gasteiger partial charge in [-0.15, -0.1) is 0 Å². The van der Waals surface area contributed by atoms with Crippen molar-refractivity contribution >= 4 is 17.3 Å². The molecule has 1 aliphatic heterocycles. The van der Waals surface area contributed by atoms with E-state index in [1.165, 1.54) is 12.8 Å². The first-order valence-electron chi connectivity index (χ1n) is 7.66. The molecule has 0 radical (unpaired) electrons. The number of aryl methyl sites for hydroxylation is 1. The molecule has 23 heavy (non-hydrogen) atoms. The van der Waals surface area contributed by atoms with Crippen LogP contribution in [0.1, 0.15) is 28.8 Å². The predicted molar refractivity (Wildman–Crippen MR) is 86.9 cm³/mol. The second-order valence-electron chi connectivity index (χ2n) is 5.81. The lowest BCUT2D eigenvalue weighted by molar-refractivity contribution is 0.102. The summed E-state index contributed by atoms with van der Waals surface area (Å²) in [6.45, 7) is 4.09. The molecular weight excluding hydrogens is 298 g/mol. The van der Waals surface area contributed by atoms with Crippen molar-refractivity contribution in [2.75, 3.05) is 23.3 Å². The van der Waals surface area contributed by atoms with Crippen LogP contribution >= 0.6 is 0 Å². The number of anilines is 2. The summed E-state index contributed by atoms with van der Waals surface area (Å²) in [5.74, 6) is -2.07. The van der Waals surface area contributed by atoms with Gasteiger partial charge >= 0.3 is 0 Å². The van der Waals surface area contributed by atoms with E-state index in [0.29, 0.717) is 5.69 Å². The molecule has 0 saturated carbocycles. The Kier molecular flexibility index (Phi) is 4.28. The van der Waals surface area contributed by atoms with Crippen molar-refractivity contribution in [1.82, 2.24) is 0 Å². The van der Waals surface area contributed by atoms with Crippen molar-refractivity contribution in [3.8, 4) is 0 Å². The number of benzene rings is 2. The molecule has 3 nitrogen and oxygen atoms in total. The minimum Gasteiger partial charge on any atom is -0.371 e. The van der Waals surface area contributed by atoms with Crippen LogP contribution in [0.2, 0.25) is 0 Å². The molecule has 0 spiro atoms. The van der Waals surface area contributed by atoms with Gasteiger partial charge in [-0.3, -0.25) is 4.79 Å². The highest BCUT2D eigenvalue weighted by molar-refractivity contribution is 6.04. The topological polar surface area (TPSA) is 32.3 Å². The van der Waals surface area contributed by atoms with E-state index in [2.05, 4.69) is 10.2 Å². The van der Waals surface area contributed by atoms with Gasteiger partial charge in [0.25, 0.3) is 5.91 Å². The van der Waals surface area contributed by atoms with Gasteiger partial charge in [-0.25, -0.2) is 8.78 Å². The summed E-state index contributed by atoms with van der Waals surface area (Å²) in [5, 5.41) is 2.68. The van der Waals surface area contributed by atoms with Crippen LogP contribution in [0.3, 0.4) is 0 Å². The van der Waals surface area contributed by atoms with Crippen molar-refractivity contribution in [2.24, 2.45) is 0 Å². The number of nitrogens with one attached hydrogen (secondary N) is 1. The fraction of sp³-hybridized carbons (Fsp3) is 0.278. The van der Waals surface area contributed by atoms with Crippen LogP contribution in [-0.2, 0) is 0 Å². The lowest BCUT2D eigenvalue weighted by atomic mass is 10.1. The second-order valence-corrected chi connectivity index (χ2v) is 5.81. The van der Waals surface area contributed by atoms with Gasteiger partial charge in [0, 0.05) is 36.1 Å². The predicted octanol–water partition coefficient (Wildman–Crippen LogP) is 4.13. The fourth-order valence-corrected chi connectivity index (χ4v) is 2.93. The molecule has 120 valence electrons. The number of hydrogen-bond acceptors (Lipinski definition) is 2. The number of amides is 1. The lowest BCUT2D eigenvalue weighted by Crippen LogP contribution is -2.19. The van der Waals surface area contributed by atoms with Crippen LogP contribution in [0.15, 0.2) is 36.4 Å². The molecule has 5 heteroatoms. The Balaban J connectivity index is 1.77. The molecule has 1 aliphatic rings. The van der Waals surface area contributed by atoms with Crippen LogP contribution in [0, 0.1) is 18.6 Å². The lowest BCUT2D eigenvalue weighted by Gasteiger charge is -2.20.